The lowest BCUT2D eigenvalue weighted by molar-refractivity contribution is -0.385. The molecule has 0 aliphatic rings. The summed E-state index contributed by atoms with van der Waals surface area (Å²) in [6, 6.07) is 7.49. The second kappa shape index (κ2) is 7.94. The number of hydrogen-bond acceptors (Lipinski definition) is 8. The van der Waals surface area contributed by atoms with Gasteiger partial charge in [-0.05, 0) is 12.1 Å². The van der Waals surface area contributed by atoms with E-state index in [0.717, 1.165) is 6.21 Å². The number of hydrogen-bond donors (Lipinski definition) is 1. The Morgan fingerprint density at radius 3 is 2.55 bits per heavy atom. The van der Waals surface area contributed by atoms with Crippen molar-refractivity contribution in [3.63, 3.8) is 0 Å². The van der Waals surface area contributed by atoms with E-state index >= 15 is 0 Å². The lowest BCUT2D eigenvalue weighted by atomic mass is 10.2. The molecule has 12 heteroatoms. The summed E-state index contributed by atoms with van der Waals surface area (Å²) in [7, 11) is 1.31. The number of fused-ring (bicyclic) bond motifs is 1. The summed E-state index contributed by atoms with van der Waals surface area (Å²) in [5.41, 5.74) is 2.17. The molecule has 0 fully saturated rings. The van der Waals surface area contributed by atoms with Crippen molar-refractivity contribution in [1.29, 1.82) is 0 Å². The number of non-ortho nitro benzene ring substituents is 2. The number of nitrogens with one attached hydrogen (secondary N) is 1. The van der Waals surface area contributed by atoms with Crippen LogP contribution in [0.15, 0.2) is 45.9 Å². The molecule has 1 aromatic heterocycles. The Kier molecular flexibility index (Phi) is 5.41. The van der Waals surface area contributed by atoms with Crippen molar-refractivity contribution in [1.82, 2.24) is 5.43 Å². The van der Waals surface area contributed by atoms with Gasteiger partial charge in [0.2, 0.25) is 0 Å². The molecule has 148 valence electrons. The van der Waals surface area contributed by atoms with Crippen molar-refractivity contribution < 1.29 is 23.8 Å². The van der Waals surface area contributed by atoms with Crippen molar-refractivity contribution >= 4 is 46.1 Å². The Labute approximate surface area is 166 Å². The van der Waals surface area contributed by atoms with Gasteiger partial charge < -0.3 is 9.15 Å². The van der Waals surface area contributed by atoms with Gasteiger partial charge in [-0.2, -0.15) is 5.10 Å². The molecule has 1 amide bonds. The third-order valence-electron chi connectivity index (χ3n) is 3.78. The van der Waals surface area contributed by atoms with E-state index in [0.29, 0.717) is 5.39 Å². The van der Waals surface area contributed by atoms with Crippen LogP contribution in [0.1, 0.15) is 16.1 Å². The Morgan fingerprint density at radius 2 is 1.90 bits per heavy atom. The zero-order valence-corrected chi connectivity index (χ0v) is 15.4. The Hall–Kier alpha value is -3.99. The molecule has 2 aromatic carbocycles. The van der Waals surface area contributed by atoms with Crippen molar-refractivity contribution in [3.05, 3.63) is 73.0 Å². The highest BCUT2D eigenvalue weighted by Crippen LogP contribution is 2.33. The maximum atomic E-state index is 12.2. The van der Waals surface area contributed by atoms with E-state index in [-0.39, 0.29) is 39.1 Å². The van der Waals surface area contributed by atoms with Crippen molar-refractivity contribution in [2.24, 2.45) is 5.10 Å². The molecule has 0 unspecified atom stereocenters. The molecule has 3 aromatic rings. The Morgan fingerprint density at radius 1 is 1.17 bits per heavy atom. The molecule has 1 N–H and O–H groups in total. The molecule has 3 rings (SSSR count). The smallest absolute Gasteiger partial charge is 0.307 e. The molecule has 0 aliphatic heterocycles. The molecular formula is C17H11ClN4O7. The first kappa shape index (κ1) is 19.8. The van der Waals surface area contributed by atoms with E-state index < -0.39 is 15.8 Å². The first-order valence-corrected chi connectivity index (χ1v) is 8.21. The van der Waals surface area contributed by atoms with Crippen LogP contribution in [0.5, 0.6) is 5.75 Å². The quantitative estimate of drug-likeness (QED) is 0.364. The summed E-state index contributed by atoms with van der Waals surface area (Å²) >= 11 is 5.95. The number of hydrazone groups is 1. The summed E-state index contributed by atoms with van der Waals surface area (Å²) in [6.07, 6.45) is 1.14. The predicted molar refractivity (Wildman–Crippen MR) is 103 cm³/mol. The number of benzene rings is 2. The summed E-state index contributed by atoms with van der Waals surface area (Å²) in [6.45, 7) is 0. The number of carbonyl (C=O) groups excluding carboxylic acids is 1. The normalized spacial score (nSPS) is 11.0. The number of nitro benzene ring substituents is 2. The van der Waals surface area contributed by atoms with Crippen LogP contribution in [-0.2, 0) is 0 Å². The van der Waals surface area contributed by atoms with Gasteiger partial charge >= 0.3 is 5.91 Å². The minimum Gasteiger partial charge on any atom is -0.493 e. The van der Waals surface area contributed by atoms with Gasteiger partial charge in [0.05, 0.1) is 29.2 Å². The first-order chi connectivity index (χ1) is 13.8. The van der Waals surface area contributed by atoms with E-state index in [1.165, 1.54) is 43.5 Å². The average molecular weight is 419 g/mol. The molecule has 0 spiro atoms. The first-order valence-electron chi connectivity index (χ1n) is 7.83. The molecule has 0 atom stereocenters. The standard InChI is InChI=1S/C17H11ClN4O7/c1-28-14-7-12(22(26)27)4-9-6-15(29-16(9)14)17(23)20-19-8-10-5-11(21(24)25)2-3-13(10)18/h2-8H,1H3,(H,20,23)/b19-8-. The highest BCUT2D eigenvalue weighted by molar-refractivity contribution is 6.33. The molecule has 1 heterocycles. The molecule has 0 saturated heterocycles. The topological polar surface area (TPSA) is 150 Å². The van der Waals surface area contributed by atoms with E-state index in [2.05, 4.69) is 10.5 Å². The lowest BCUT2D eigenvalue weighted by Crippen LogP contribution is -2.16. The van der Waals surface area contributed by atoms with Crippen molar-refractivity contribution in [2.75, 3.05) is 7.11 Å². The van der Waals surface area contributed by atoms with E-state index in [1.54, 1.807) is 0 Å². The number of nitrogens with zero attached hydrogens (tertiary/aromatic N) is 3. The summed E-state index contributed by atoms with van der Waals surface area (Å²) in [5.74, 6) is -0.815. The largest absolute Gasteiger partial charge is 0.493 e. The summed E-state index contributed by atoms with van der Waals surface area (Å²) < 4.78 is 10.5. The minimum atomic E-state index is -0.747. The molecule has 0 aliphatic carbocycles. The highest BCUT2D eigenvalue weighted by atomic mass is 35.5. The average Bonchev–Trinajstić information content (AvgIpc) is 3.12. The summed E-state index contributed by atoms with van der Waals surface area (Å²) in [5, 5.41) is 26.0. The fourth-order valence-corrected chi connectivity index (χ4v) is 2.60. The molecule has 0 radical (unpaired) electrons. The number of ether oxygens (including phenoxy) is 1. The maximum Gasteiger partial charge on any atom is 0.307 e. The maximum absolute atomic E-state index is 12.2. The molecule has 29 heavy (non-hydrogen) atoms. The zero-order chi connectivity index (χ0) is 21.1. The fraction of sp³-hybridized carbons (Fsp3) is 0.0588. The second-order valence-electron chi connectivity index (χ2n) is 5.60. The van der Waals surface area contributed by atoms with Crippen LogP contribution in [0.3, 0.4) is 0 Å². The van der Waals surface area contributed by atoms with Crippen LogP contribution in [0.2, 0.25) is 5.02 Å². The number of halogens is 1. The Bertz CT molecular complexity index is 1170. The van der Waals surface area contributed by atoms with Crippen LogP contribution >= 0.6 is 11.6 Å². The minimum absolute atomic E-state index is 0.0973. The van der Waals surface area contributed by atoms with Crippen LogP contribution in [-0.4, -0.2) is 29.1 Å². The highest BCUT2D eigenvalue weighted by Gasteiger charge is 2.19. The molecule has 0 saturated carbocycles. The van der Waals surface area contributed by atoms with Crippen LogP contribution in [0.4, 0.5) is 11.4 Å². The van der Waals surface area contributed by atoms with Crippen LogP contribution < -0.4 is 10.2 Å². The second-order valence-corrected chi connectivity index (χ2v) is 6.00. The number of amides is 1. The molecule has 11 nitrogen and oxygen atoms in total. The Balaban J connectivity index is 1.83. The van der Waals surface area contributed by atoms with E-state index in [9.17, 15) is 25.0 Å². The number of nitro groups is 2. The third-order valence-corrected chi connectivity index (χ3v) is 4.13. The third kappa shape index (κ3) is 4.14. The molecular weight excluding hydrogens is 408 g/mol. The number of rotatable bonds is 6. The van der Waals surface area contributed by atoms with Crippen LogP contribution in [0.25, 0.3) is 11.0 Å². The van der Waals surface area contributed by atoms with E-state index in [4.69, 9.17) is 20.8 Å². The van der Waals surface area contributed by atoms with Gasteiger partial charge in [-0.15, -0.1) is 0 Å². The number of methoxy groups -OCH3 is 1. The SMILES string of the molecule is COc1cc([N+](=O)[O-])cc2cc(C(=O)N/N=C\c3cc([N+](=O)[O-])ccc3Cl)oc12. The van der Waals surface area contributed by atoms with Gasteiger partial charge in [-0.3, -0.25) is 25.0 Å². The van der Waals surface area contributed by atoms with Gasteiger partial charge in [-0.1, -0.05) is 11.6 Å². The van der Waals surface area contributed by atoms with E-state index in [1.807, 2.05) is 0 Å². The van der Waals surface area contributed by atoms with Crippen LogP contribution in [0, 0.1) is 20.2 Å². The lowest BCUT2D eigenvalue weighted by Gasteiger charge is -2.00. The number of carbonyl (C=O) groups is 1. The predicted octanol–water partition coefficient (Wildman–Crippen LogP) is 3.68. The zero-order valence-electron chi connectivity index (χ0n) is 14.6. The molecule has 0 bridgehead atoms. The van der Waals surface area contributed by atoms with Gasteiger partial charge in [0.1, 0.15) is 0 Å². The summed E-state index contributed by atoms with van der Waals surface area (Å²) in [4.78, 5) is 32.9. The van der Waals surface area contributed by atoms with Gasteiger partial charge in [-0.25, -0.2) is 5.43 Å². The van der Waals surface area contributed by atoms with Gasteiger partial charge in [0, 0.05) is 34.2 Å². The van der Waals surface area contributed by atoms with Gasteiger partial charge in [0.15, 0.2) is 17.1 Å². The van der Waals surface area contributed by atoms with Crippen molar-refractivity contribution in [2.45, 2.75) is 0 Å². The monoisotopic (exact) mass is 418 g/mol. The fourth-order valence-electron chi connectivity index (χ4n) is 2.43. The van der Waals surface area contributed by atoms with Gasteiger partial charge in [0.25, 0.3) is 11.4 Å². The number of furan rings is 1. The van der Waals surface area contributed by atoms with Crippen molar-refractivity contribution in [3.8, 4) is 5.75 Å².